The highest BCUT2D eigenvalue weighted by Crippen LogP contribution is 2.36. The molecule has 9 heteroatoms. The van der Waals surface area contributed by atoms with Gasteiger partial charge in [0, 0.05) is 17.2 Å². The first-order valence-corrected chi connectivity index (χ1v) is 9.19. The van der Waals surface area contributed by atoms with Crippen molar-refractivity contribution in [3.8, 4) is 0 Å². The number of anilines is 2. The van der Waals surface area contributed by atoms with Gasteiger partial charge in [-0.2, -0.15) is 0 Å². The molecule has 0 saturated carbocycles. The van der Waals surface area contributed by atoms with E-state index >= 15 is 0 Å². The van der Waals surface area contributed by atoms with Gasteiger partial charge in [-0.15, -0.1) is 23.1 Å². The average molecular weight is 377 g/mol. The van der Waals surface area contributed by atoms with Crippen LogP contribution in [0.4, 0.5) is 10.8 Å². The first-order chi connectivity index (χ1) is 11.9. The lowest BCUT2D eigenvalue weighted by Crippen LogP contribution is -2.26. The van der Waals surface area contributed by atoms with E-state index < -0.39 is 5.97 Å². The highest BCUT2D eigenvalue weighted by atomic mass is 32.2. The van der Waals surface area contributed by atoms with Crippen LogP contribution in [-0.4, -0.2) is 28.0 Å². The van der Waals surface area contributed by atoms with Crippen LogP contribution < -0.4 is 10.6 Å². The Hall–Kier alpha value is -2.39. The molecule has 3 rings (SSSR count). The molecule has 2 aromatic rings. The van der Waals surface area contributed by atoms with Crippen LogP contribution in [0.5, 0.6) is 0 Å². The van der Waals surface area contributed by atoms with E-state index in [0.717, 1.165) is 4.90 Å². The molecule has 0 unspecified atom stereocenters. The van der Waals surface area contributed by atoms with Gasteiger partial charge in [0.1, 0.15) is 6.61 Å². The second-order valence-electron chi connectivity index (χ2n) is 5.36. The van der Waals surface area contributed by atoms with E-state index in [9.17, 15) is 14.4 Å². The van der Waals surface area contributed by atoms with Crippen molar-refractivity contribution in [3.05, 3.63) is 34.8 Å². The van der Waals surface area contributed by atoms with Crippen molar-refractivity contribution >= 4 is 51.7 Å². The van der Waals surface area contributed by atoms with E-state index in [1.54, 1.807) is 23.6 Å². The smallest absolute Gasteiger partial charge is 0.338 e. The minimum absolute atomic E-state index is 0.00411. The fourth-order valence-electron chi connectivity index (χ4n) is 2.14. The summed E-state index contributed by atoms with van der Waals surface area (Å²) in [6.07, 6.45) is 0. The zero-order valence-corrected chi connectivity index (χ0v) is 15.1. The Kier molecular flexibility index (Phi) is 5.05. The molecule has 2 amide bonds. The SMILES string of the molecule is CC(=O)Nc1nc(COC(=O)c2ccc3c(c2)NC(=O)[C@H](C)S3)cs1. The van der Waals surface area contributed by atoms with Gasteiger partial charge in [-0.25, -0.2) is 9.78 Å². The summed E-state index contributed by atoms with van der Waals surface area (Å²) >= 11 is 2.71. The highest BCUT2D eigenvalue weighted by Gasteiger charge is 2.24. The summed E-state index contributed by atoms with van der Waals surface area (Å²) in [6, 6.07) is 5.07. The topological polar surface area (TPSA) is 97.4 Å². The lowest BCUT2D eigenvalue weighted by Gasteiger charge is -2.21. The normalized spacial score (nSPS) is 15.9. The molecule has 7 nitrogen and oxygen atoms in total. The fourth-order valence-corrected chi connectivity index (χ4v) is 3.81. The van der Waals surface area contributed by atoms with Crippen molar-refractivity contribution in [2.24, 2.45) is 0 Å². The summed E-state index contributed by atoms with van der Waals surface area (Å²) in [4.78, 5) is 40.0. The van der Waals surface area contributed by atoms with E-state index in [-0.39, 0.29) is 23.7 Å². The lowest BCUT2D eigenvalue weighted by atomic mass is 10.2. The lowest BCUT2D eigenvalue weighted by molar-refractivity contribution is -0.115. The number of hydrogen-bond donors (Lipinski definition) is 2. The first kappa shape index (κ1) is 17.4. The van der Waals surface area contributed by atoms with Crippen LogP contribution in [0.1, 0.15) is 29.9 Å². The monoisotopic (exact) mass is 377 g/mol. The summed E-state index contributed by atoms with van der Waals surface area (Å²) in [5.41, 5.74) is 1.52. The molecular formula is C16H15N3O4S2. The Morgan fingerprint density at radius 3 is 2.96 bits per heavy atom. The standard InChI is InChI=1S/C16H15N3O4S2/c1-8-14(21)19-12-5-10(3-4-13(12)25-8)15(22)23-6-11-7-24-16(18-11)17-9(2)20/h3-5,7-8H,6H2,1-2H3,(H,19,21)(H,17,18,20)/t8-/m0/s1. The number of fused-ring (bicyclic) bond motifs is 1. The van der Waals surface area contributed by atoms with Gasteiger partial charge in [-0.3, -0.25) is 9.59 Å². The van der Waals surface area contributed by atoms with Crippen molar-refractivity contribution in [2.45, 2.75) is 30.6 Å². The number of ether oxygens (including phenoxy) is 1. The molecule has 130 valence electrons. The predicted octanol–water partition coefficient (Wildman–Crippen LogP) is 2.89. The highest BCUT2D eigenvalue weighted by molar-refractivity contribution is 8.00. The molecule has 1 aromatic carbocycles. The molecule has 0 aliphatic carbocycles. The Morgan fingerprint density at radius 1 is 1.40 bits per heavy atom. The summed E-state index contributed by atoms with van der Waals surface area (Å²) in [5, 5.41) is 7.37. The van der Waals surface area contributed by atoms with Crippen LogP contribution in [0.2, 0.25) is 0 Å². The molecule has 0 fully saturated rings. The largest absolute Gasteiger partial charge is 0.456 e. The number of esters is 1. The van der Waals surface area contributed by atoms with E-state index in [1.807, 2.05) is 6.92 Å². The Balaban J connectivity index is 1.64. The van der Waals surface area contributed by atoms with Gasteiger partial charge in [-0.1, -0.05) is 0 Å². The first-order valence-electron chi connectivity index (χ1n) is 7.43. The molecule has 0 bridgehead atoms. The number of rotatable bonds is 4. The second kappa shape index (κ2) is 7.24. The van der Waals surface area contributed by atoms with Crippen LogP contribution >= 0.6 is 23.1 Å². The van der Waals surface area contributed by atoms with E-state index in [1.165, 1.54) is 30.0 Å². The molecule has 25 heavy (non-hydrogen) atoms. The third-order valence-corrected chi connectivity index (χ3v) is 5.32. The molecular weight excluding hydrogens is 362 g/mol. The zero-order valence-electron chi connectivity index (χ0n) is 13.5. The summed E-state index contributed by atoms with van der Waals surface area (Å²) in [6.45, 7) is 3.23. The Morgan fingerprint density at radius 2 is 2.20 bits per heavy atom. The van der Waals surface area contributed by atoms with Crippen LogP contribution in [0.15, 0.2) is 28.5 Å². The van der Waals surface area contributed by atoms with Crippen LogP contribution in [0.3, 0.4) is 0 Å². The quantitative estimate of drug-likeness (QED) is 0.795. The van der Waals surface area contributed by atoms with Crippen LogP contribution in [0, 0.1) is 0 Å². The van der Waals surface area contributed by atoms with E-state index in [4.69, 9.17) is 4.74 Å². The number of amides is 2. The summed E-state index contributed by atoms with van der Waals surface area (Å²) in [7, 11) is 0. The van der Waals surface area contributed by atoms with Gasteiger partial charge in [0.15, 0.2) is 5.13 Å². The van der Waals surface area contributed by atoms with Crippen molar-refractivity contribution in [1.29, 1.82) is 0 Å². The number of hydrogen-bond acceptors (Lipinski definition) is 7. The predicted molar refractivity (Wildman–Crippen MR) is 95.9 cm³/mol. The maximum atomic E-state index is 12.2. The number of benzene rings is 1. The molecule has 1 atom stereocenters. The minimum atomic E-state index is -0.505. The van der Waals surface area contributed by atoms with Gasteiger partial charge in [-0.05, 0) is 25.1 Å². The number of carbonyl (C=O) groups excluding carboxylic acids is 3. The summed E-state index contributed by atoms with van der Waals surface area (Å²) in [5.74, 6) is -0.799. The third-order valence-electron chi connectivity index (χ3n) is 3.33. The zero-order chi connectivity index (χ0) is 18.0. The molecule has 0 saturated heterocycles. The van der Waals surface area contributed by atoms with Crippen molar-refractivity contribution < 1.29 is 19.1 Å². The van der Waals surface area contributed by atoms with Gasteiger partial charge in [0.25, 0.3) is 0 Å². The molecule has 1 aliphatic heterocycles. The van der Waals surface area contributed by atoms with Gasteiger partial charge in [0.2, 0.25) is 11.8 Å². The average Bonchev–Trinajstić information content (AvgIpc) is 3.00. The third kappa shape index (κ3) is 4.18. The van der Waals surface area contributed by atoms with Gasteiger partial charge in [0.05, 0.1) is 22.2 Å². The molecule has 1 aromatic heterocycles. The van der Waals surface area contributed by atoms with Crippen LogP contribution in [-0.2, 0) is 20.9 Å². The number of aromatic nitrogens is 1. The van der Waals surface area contributed by atoms with Crippen molar-refractivity contribution in [1.82, 2.24) is 4.98 Å². The minimum Gasteiger partial charge on any atom is -0.456 e. The maximum Gasteiger partial charge on any atom is 0.338 e. The number of carbonyl (C=O) groups is 3. The molecule has 2 heterocycles. The van der Waals surface area contributed by atoms with Crippen molar-refractivity contribution in [2.75, 3.05) is 10.6 Å². The molecule has 1 aliphatic rings. The van der Waals surface area contributed by atoms with Crippen LogP contribution in [0.25, 0.3) is 0 Å². The number of thiazole rings is 1. The molecule has 0 spiro atoms. The molecule has 0 radical (unpaired) electrons. The summed E-state index contributed by atoms with van der Waals surface area (Å²) < 4.78 is 5.24. The fraction of sp³-hybridized carbons (Fsp3) is 0.250. The molecule has 2 N–H and O–H groups in total. The van der Waals surface area contributed by atoms with Crippen molar-refractivity contribution in [3.63, 3.8) is 0 Å². The Labute approximate surface area is 152 Å². The van der Waals surface area contributed by atoms with Gasteiger partial charge < -0.3 is 15.4 Å². The van der Waals surface area contributed by atoms with Gasteiger partial charge >= 0.3 is 5.97 Å². The second-order valence-corrected chi connectivity index (χ2v) is 7.60. The Bertz CT molecular complexity index is 850. The number of nitrogens with one attached hydrogen (secondary N) is 2. The number of thioether (sulfide) groups is 1. The van der Waals surface area contributed by atoms with E-state index in [0.29, 0.717) is 22.1 Å². The number of nitrogens with zero attached hydrogens (tertiary/aromatic N) is 1. The van der Waals surface area contributed by atoms with E-state index in [2.05, 4.69) is 15.6 Å². The maximum absolute atomic E-state index is 12.2.